The van der Waals surface area contributed by atoms with Crippen molar-refractivity contribution in [3.8, 4) is 0 Å². The van der Waals surface area contributed by atoms with Gasteiger partial charge in [0.2, 0.25) is 0 Å². The monoisotopic (exact) mass is 152 g/mol. The highest BCUT2D eigenvalue weighted by atomic mass is 16.1. The van der Waals surface area contributed by atoms with E-state index in [9.17, 15) is 4.79 Å². The topological polar surface area (TPSA) is 17.1 Å². The van der Waals surface area contributed by atoms with Gasteiger partial charge in [0, 0.05) is 5.57 Å². The zero-order valence-electron chi connectivity index (χ0n) is 7.77. The summed E-state index contributed by atoms with van der Waals surface area (Å²) in [5.74, 6) is 0. The Labute approximate surface area is 68.8 Å². The molecule has 0 saturated carbocycles. The minimum atomic E-state index is 0.856. The maximum Gasteiger partial charge on any atom is 0.150 e. The molecule has 0 bridgehead atoms. The van der Waals surface area contributed by atoms with Gasteiger partial charge in [0.05, 0.1) is 0 Å². The summed E-state index contributed by atoms with van der Waals surface area (Å²) >= 11 is 0. The minimum absolute atomic E-state index is 0.856. The van der Waals surface area contributed by atoms with Crippen LogP contribution in [0.4, 0.5) is 0 Å². The fourth-order valence-electron chi connectivity index (χ4n) is 0.876. The summed E-state index contributed by atoms with van der Waals surface area (Å²) in [7, 11) is 0. The molecule has 0 aliphatic carbocycles. The fraction of sp³-hybridized carbons (Fsp3) is 0.500. The molecule has 0 N–H and O–H groups in total. The lowest BCUT2D eigenvalue weighted by Crippen LogP contribution is -1.91. The van der Waals surface area contributed by atoms with Crippen LogP contribution in [-0.4, -0.2) is 6.29 Å². The fourth-order valence-corrected chi connectivity index (χ4v) is 0.876. The van der Waals surface area contributed by atoms with Crippen molar-refractivity contribution < 1.29 is 4.79 Å². The van der Waals surface area contributed by atoms with E-state index in [1.807, 2.05) is 26.8 Å². The Kier molecular flexibility index (Phi) is 4.51. The molecule has 0 heterocycles. The molecule has 1 heteroatoms. The number of carbonyl (C=O) groups is 1. The normalized spacial score (nSPS) is 14.4. The van der Waals surface area contributed by atoms with Crippen LogP contribution in [0.3, 0.4) is 0 Å². The third kappa shape index (κ3) is 2.71. The van der Waals surface area contributed by atoms with E-state index in [4.69, 9.17) is 0 Å². The Morgan fingerprint density at radius 3 is 2.18 bits per heavy atom. The van der Waals surface area contributed by atoms with E-state index >= 15 is 0 Å². The van der Waals surface area contributed by atoms with Crippen molar-refractivity contribution in [1.29, 1.82) is 0 Å². The van der Waals surface area contributed by atoms with Gasteiger partial charge in [0.25, 0.3) is 0 Å². The summed E-state index contributed by atoms with van der Waals surface area (Å²) in [5, 5.41) is 0. The number of aldehydes is 1. The quantitative estimate of drug-likeness (QED) is 0.345. The molecule has 0 radical (unpaired) electrons. The number of carbonyl (C=O) groups excluding carboxylic acids is 1. The summed E-state index contributed by atoms with van der Waals surface area (Å²) in [5.41, 5.74) is 3.09. The van der Waals surface area contributed by atoms with Gasteiger partial charge in [-0.2, -0.15) is 0 Å². The molecule has 0 spiro atoms. The molecule has 0 saturated heterocycles. The van der Waals surface area contributed by atoms with Gasteiger partial charge in [-0.05, 0) is 32.8 Å². The van der Waals surface area contributed by atoms with E-state index < -0.39 is 0 Å². The van der Waals surface area contributed by atoms with Gasteiger partial charge < -0.3 is 0 Å². The molecule has 0 unspecified atom stereocenters. The molecule has 0 amide bonds. The highest BCUT2D eigenvalue weighted by molar-refractivity contribution is 5.80. The van der Waals surface area contributed by atoms with E-state index in [-0.39, 0.29) is 0 Å². The van der Waals surface area contributed by atoms with Gasteiger partial charge >= 0.3 is 0 Å². The van der Waals surface area contributed by atoms with Crippen LogP contribution >= 0.6 is 0 Å². The van der Waals surface area contributed by atoms with Crippen LogP contribution in [0.25, 0.3) is 0 Å². The Balaban J connectivity index is 4.80. The summed E-state index contributed by atoms with van der Waals surface area (Å²) in [4.78, 5) is 10.6. The molecule has 62 valence electrons. The molecule has 0 aromatic heterocycles. The largest absolute Gasteiger partial charge is 0.298 e. The summed E-state index contributed by atoms with van der Waals surface area (Å²) < 4.78 is 0. The lowest BCUT2D eigenvalue weighted by molar-refractivity contribution is -0.104. The van der Waals surface area contributed by atoms with Gasteiger partial charge in [-0.1, -0.05) is 18.6 Å². The Morgan fingerprint density at radius 2 is 1.91 bits per heavy atom. The molecule has 0 fully saturated rings. The standard InChI is InChI=1S/C10H16O/c1-5-8(3)10(7-11)9(4)6-2/h5,7H,6H2,1-4H3/b8-5-,10-9-. The second kappa shape index (κ2) is 4.89. The van der Waals surface area contributed by atoms with Crippen molar-refractivity contribution in [2.24, 2.45) is 0 Å². The van der Waals surface area contributed by atoms with Gasteiger partial charge in [0.1, 0.15) is 6.29 Å². The zero-order valence-corrected chi connectivity index (χ0v) is 7.77. The van der Waals surface area contributed by atoms with Gasteiger partial charge in [-0.25, -0.2) is 0 Å². The van der Waals surface area contributed by atoms with E-state index in [0.29, 0.717) is 0 Å². The highest BCUT2D eigenvalue weighted by Gasteiger charge is 2.00. The second-order valence-corrected chi connectivity index (χ2v) is 2.64. The molecule has 11 heavy (non-hydrogen) atoms. The summed E-state index contributed by atoms with van der Waals surface area (Å²) in [6.45, 7) is 7.96. The zero-order chi connectivity index (χ0) is 8.85. The Bertz CT molecular complexity index is 197. The molecule has 0 aromatic rings. The smallest absolute Gasteiger partial charge is 0.150 e. The number of rotatable bonds is 3. The van der Waals surface area contributed by atoms with E-state index in [1.54, 1.807) is 0 Å². The number of hydrogen-bond donors (Lipinski definition) is 0. The summed E-state index contributed by atoms with van der Waals surface area (Å²) in [6, 6.07) is 0. The first kappa shape index (κ1) is 10.2. The van der Waals surface area contributed by atoms with Gasteiger partial charge in [-0.3, -0.25) is 4.79 Å². The highest BCUT2D eigenvalue weighted by Crippen LogP contribution is 2.13. The molecule has 1 nitrogen and oxygen atoms in total. The number of allylic oxidation sites excluding steroid dienone is 4. The molecule has 0 rings (SSSR count). The van der Waals surface area contributed by atoms with Gasteiger partial charge in [-0.15, -0.1) is 0 Å². The first-order valence-corrected chi connectivity index (χ1v) is 3.95. The van der Waals surface area contributed by atoms with Crippen molar-refractivity contribution >= 4 is 6.29 Å². The van der Waals surface area contributed by atoms with Gasteiger partial charge in [0.15, 0.2) is 0 Å². The van der Waals surface area contributed by atoms with E-state index in [1.165, 1.54) is 0 Å². The average Bonchev–Trinajstić information content (AvgIpc) is 2.05. The lowest BCUT2D eigenvalue weighted by Gasteiger charge is -2.03. The van der Waals surface area contributed by atoms with Crippen molar-refractivity contribution in [3.05, 3.63) is 22.8 Å². The molecular formula is C10H16O. The molecule has 0 aliphatic heterocycles. The predicted molar refractivity (Wildman–Crippen MR) is 48.5 cm³/mol. The van der Waals surface area contributed by atoms with Crippen LogP contribution in [0.1, 0.15) is 34.1 Å². The molecule has 0 aromatic carbocycles. The van der Waals surface area contributed by atoms with Crippen molar-refractivity contribution in [3.63, 3.8) is 0 Å². The second-order valence-electron chi connectivity index (χ2n) is 2.64. The summed E-state index contributed by atoms with van der Waals surface area (Å²) in [6.07, 6.45) is 3.84. The maximum atomic E-state index is 10.6. The third-order valence-electron chi connectivity index (χ3n) is 1.97. The van der Waals surface area contributed by atoms with Crippen LogP contribution in [-0.2, 0) is 4.79 Å². The molecule has 0 aliphatic rings. The van der Waals surface area contributed by atoms with E-state index in [2.05, 4.69) is 6.92 Å². The third-order valence-corrected chi connectivity index (χ3v) is 1.97. The minimum Gasteiger partial charge on any atom is -0.298 e. The van der Waals surface area contributed by atoms with Crippen LogP contribution in [0.15, 0.2) is 22.8 Å². The van der Waals surface area contributed by atoms with E-state index in [0.717, 1.165) is 29.4 Å². The van der Waals surface area contributed by atoms with Crippen molar-refractivity contribution in [2.75, 3.05) is 0 Å². The van der Waals surface area contributed by atoms with Crippen molar-refractivity contribution in [1.82, 2.24) is 0 Å². The first-order valence-electron chi connectivity index (χ1n) is 3.95. The predicted octanol–water partition coefficient (Wildman–Crippen LogP) is 2.88. The molecule has 0 atom stereocenters. The van der Waals surface area contributed by atoms with Crippen LogP contribution < -0.4 is 0 Å². The maximum absolute atomic E-state index is 10.6. The van der Waals surface area contributed by atoms with Crippen molar-refractivity contribution in [2.45, 2.75) is 34.1 Å². The number of hydrogen-bond acceptors (Lipinski definition) is 1. The Morgan fingerprint density at radius 1 is 1.36 bits per heavy atom. The average molecular weight is 152 g/mol. The Hall–Kier alpha value is -0.850. The van der Waals surface area contributed by atoms with Crippen LogP contribution in [0, 0.1) is 0 Å². The lowest BCUT2D eigenvalue weighted by atomic mass is 10.0. The van der Waals surface area contributed by atoms with Crippen LogP contribution in [0.5, 0.6) is 0 Å². The first-order chi connectivity index (χ1) is 5.17. The van der Waals surface area contributed by atoms with Crippen LogP contribution in [0.2, 0.25) is 0 Å². The molecular weight excluding hydrogens is 136 g/mol. The SMILES string of the molecule is C/C=C(C)\C(C=O)=C(\C)CC.